The number of amides is 1. The van der Waals surface area contributed by atoms with Gasteiger partial charge in [-0.1, -0.05) is 12.8 Å². The van der Waals surface area contributed by atoms with Crippen molar-refractivity contribution in [2.45, 2.75) is 57.9 Å². The first-order valence-electron chi connectivity index (χ1n) is 12.6. The van der Waals surface area contributed by atoms with E-state index >= 15 is 0 Å². The number of hydrogen-bond donors (Lipinski definition) is 2. The zero-order valence-corrected chi connectivity index (χ0v) is 20.9. The van der Waals surface area contributed by atoms with Crippen LogP contribution in [0.15, 0.2) is 41.1 Å². The van der Waals surface area contributed by atoms with Crippen LogP contribution in [0, 0.1) is 18.7 Å². The maximum Gasteiger partial charge on any atom is 0.263 e. The van der Waals surface area contributed by atoms with Crippen molar-refractivity contribution in [2.75, 3.05) is 20.1 Å². The van der Waals surface area contributed by atoms with Crippen LogP contribution >= 0.6 is 0 Å². The third-order valence-electron chi connectivity index (χ3n) is 6.73. The normalized spacial score (nSPS) is 15.6. The summed E-state index contributed by atoms with van der Waals surface area (Å²) >= 11 is 0. The van der Waals surface area contributed by atoms with Gasteiger partial charge in [-0.2, -0.15) is 0 Å². The number of carbonyl (C=O) groups is 2. The predicted molar refractivity (Wildman–Crippen MR) is 134 cm³/mol. The molecule has 2 aromatic heterocycles. The third kappa shape index (κ3) is 6.87. The lowest BCUT2D eigenvalue weighted by Gasteiger charge is -2.29. The summed E-state index contributed by atoms with van der Waals surface area (Å²) in [6, 6.07) is 5.92. The van der Waals surface area contributed by atoms with Gasteiger partial charge in [0.15, 0.2) is 0 Å². The second-order valence-corrected chi connectivity index (χ2v) is 9.63. The molecule has 36 heavy (non-hydrogen) atoms. The highest BCUT2D eigenvalue weighted by molar-refractivity contribution is 5.91. The lowest BCUT2D eigenvalue weighted by Crippen LogP contribution is -2.40. The molecule has 0 radical (unpaired) electrons. The van der Waals surface area contributed by atoms with Gasteiger partial charge in [-0.15, -0.1) is 0 Å². The Bertz CT molecular complexity index is 1150. The van der Waals surface area contributed by atoms with E-state index in [9.17, 15) is 14.0 Å². The second kappa shape index (κ2) is 12.1. The number of Topliss-reactive ketones (excluding diaryl/α,β-unsaturated/α-hetero) is 1. The van der Waals surface area contributed by atoms with Crippen LogP contribution in [0.3, 0.4) is 0 Å². The van der Waals surface area contributed by atoms with Crippen molar-refractivity contribution in [1.82, 2.24) is 25.2 Å². The van der Waals surface area contributed by atoms with Crippen LogP contribution in [0.4, 0.5) is 4.39 Å². The second-order valence-electron chi connectivity index (χ2n) is 9.63. The highest BCUT2D eigenvalue weighted by Crippen LogP contribution is 2.25. The first-order valence-corrected chi connectivity index (χ1v) is 12.6. The molecule has 3 heterocycles. The molecule has 0 aliphatic carbocycles. The maximum atomic E-state index is 13.3. The predicted octanol–water partition coefficient (Wildman–Crippen LogP) is 4.84. The van der Waals surface area contributed by atoms with E-state index in [2.05, 4.69) is 27.2 Å². The van der Waals surface area contributed by atoms with E-state index < -0.39 is 0 Å². The SMILES string of the molecule is Cc1coc(C(=O)CCCCC[C@H](NC(=O)C2CCN(C)CC2)c2nc(-c3ccc(F)cc3)c[nH]2)n1. The molecule has 8 nitrogen and oxygen atoms in total. The van der Waals surface area contributed by atoms with E-state index in [4.69, 9.17) is 9.40 Å². The number of aromatic amines is 1. The number of hydrogen-bond acceptors (Lipinski definition) is 6. The summed E-state index contributed by atoms with van der Waals surface area (Å²) in [5.74, 6) is 0.514. The topological polar surface area (TPSA) is 104 Å². The molecule has 3 aromatic rings. The highest BCUT2D eigenvalue weighted by Gasteiger charge is 2.26. The fourth-order valence-electron chi connectivity index (χ4n) is 4.52. The standard InChI is InChI=1S/C27H34FN5O3/c1-18-17-36-27(30-18)24(34)7-5-3-4-6-22(32-26(35)20-12-14-33(2)15-13-20)25-29-16-23(31-25)19-8-10-21(28)11-9-19/h8-11,16-17,20,22H,3-7,12-15H2,1-2H3,(H,29,31)(H,32,35)/t22-/m0/s1. The lowest BCUT2D eigenvalue weighted by molar-refractivity contribution is -0.127. The average Bonchev–Trinajstić information content (AvgIpc) is 3.53. The molecule has 1 aromatic carbocycles. The summed E-state index contributed by atoms with van der Waals surface area (Å²) in [6.07, 6.45) is 8.40. The van der Waals surface area contributed by atoms with Crippen LogP contribution in [0.25, 0.3) is 11.3 Å². The first-order chi connectivity index (χ1) is 17.4. The Balaban J connectivity index is 1.36. The Kier molecular flexibility index (Phi) is 8.64. The van der Waals surface area contributed by atoms with Crippen molar-refractivity contribution in [3.8, 4) is 11.3 Å². The number of rotatable bonds is 11. The monoisotopic (exact) mass is 495 g/mol. The molecule has 0 unspecified atom stereocenters. The number of nitrogens with zero attached hydrogens (tertiary/aromatic N) is 3. The van der Waals surface area contributed by atoms with Gasteiger partial charge < -0.3 is 19.6 Å². The number of ketones is 1. The van der Waals surface area contributed by atoms with Gasteiger partial charge in [-0.05, 0) is 77.0 Å². The summed E-state index contributed by atoms with van der Waals surface area (Å²) < 4.78 is 18.5. The highest BCUT2D eigenvalue weighted by atomic mass is 19.1. The van der Waals surface area contributed by atoms with Crippen molar-refractivity contribution in [3.05, 3.63) is 60.0 Å². The molecule has 9 heteroatoms. The molecule has 1 amide bonds. The van der Waals surface area contributed by atoms with E-state index in [0.717, 1.165) is 50.8 Å². The number of likely N-dealkylation sites (tertiary alicyclic amines) is 1. The molecule has 4 rings (SSSR count). The largest absolute Gasteiger partial charge is 0.442 e. The maximum absolute atomic E-state index is 13.3. The van der Waals surface area contributed by atoms with Crippen LogP contribution in [-0.4, -0.2) is 51.7 Å². The summed E-state index contributed by atoms with van der Waals surface area (Å²) in [7, 11) is 2.07. The zero-order valence-electron chi connectivity index (χ0n) is 20.9. The molecule has 1 fully saturated rings. The minimum absolute atomic E-state index is 0.00268. The van der Waals surface area contributed by atoms with Crippen LogP contribution < -0.4 is 5.32 Å². The van der Waals surface area contributed by atoms with Crippen LogP contribution in [0.5, 0.6) is 0 Å². The molecule has 1 aliphatic heterocycles. The van der Waals surface area contributed by atoms with Gasteiger partial charge in [0.05, 0.1) is 17.4 Å². The molecule has 2 N–H and O–H groups in total. The van der Waals surface area contributed by atoms with Gasteiger partial charge in [-0.25, -0.2) is 14.4 Å². The average molecular weight is 496 g/mol. The van der Waals surface area contributed by atoms with Crippen molar-refractivity contribution >= 4 is 11.7 Å². The van der Waals surface area contributed by atoms with E-state index in [1.807, 2.05) is 0 Å². The van der Waals surface area contributed by atoms with E-state index in [1.165, 1.54) is 18.4 Å². The van der Waals surface area contributed by atoms with Gasteiger partial charge in [-0.3, -0.25) is 9.59 Å². The molecule has 1 atom stereocenters. The molecule has 1 aliphatic rings. The van der Waals surface area contributed by atoms with Crippen molar-refractivity contribution in [2.24, 2.45) is 5.92 Å². The molecule has 1 saturated heterocycles. The summed E-state index contributed by atoms with van der Waals surface area (Å²) in [4.78, 5) is 39.5. The van der Waals surface area contributed by atoms with E-state index in [0.29, 0.717) is 30.1 Å². The van der Waals surface area contributed by atoms with Crippen LogP contribution in [-0.2, 0) is 4.79 Å². The summed E-state index contributed by atoms with van der Waals surface area (Å²) in [6.45, 7) is 3.61. The minimum atomic E-state index is -0.297. The van der Waals surface area contributed by atoms with Crippen LogP contribution in [0.1, 0.15) is 73.2 Å². The number of piperidine rings is 1. The number of carbonyl (C=O) groups excluding carboxylic acids is 2. The number of aryl methyl sites for hydroxylation is 1. The number of oxazole rings is 1. The number of imidazole rings is 1. The molecular weight excluding hydrogens is 461 g/mol. The number of halogens is 1. The van der Waals surface area contributed by atoms with Gasteiger partial charge in [0.1, 0.15) is 17.9 Å². The Morgan fingerprint density at radius 3 is 2.61 bits per heavy atom. The van der Waals surface area contributed by atoms with Crippen LogP contribution in [0.2, 0.25) is 0 Å². The Labute approximate surface area is 210 Å². The summed E-state index contributed by atoms with van der Waals surface area (Å²) in [5.41, 5.74) is 2.20. The number of nitrogens with one attached hydrogen (secondary N) is 2. The molecule has 0 bridgehead atoms. The molecule has 0 spiro atoms. The van der Waals surface area contributed by atoms with E-state index in [1.54, 1.807) is 25.3 Å². The lowest BCUT2D eigenvalue weighted by atomic mass is 9.95. The number of H-pyrrole nitrogens is 1. The minimum Gasteiger partial charge on any atom is -0.442 e. The fraction of sp³-hybridized carbons (Fsp3) is 0.481. The third-order valence-corrected chi connectivity index (χ3v) is 6.73. The Morgan fingerprint density at radius 1 is 1.17 bits per heavy atom. The fourth-order valence-corrected chi connectivity index (χ4v) is 4.52. The smallest absolute Gasteiger partial charge is 0.263 e. The molecule has 0 saturated carbocycles. The van der Waals surface area contributed by atoms with Gasteiger partial charge >= 0.3 is 0 Å². The zero-order chi connectivity index (χ0) is 25.5. The quantitative estimate of drug-likeness (QED) is 0.291. The first kappa shape index (κ1) is 25.8. The summed E-state index contributed by atoms with van der Waals surface area (Å²) in [5, 5.41) is 3.22. The molecule has 192 valence electrons. The number of aromatic nitrogens is 3. The number of benzene rings is 1. The molecular formula is C27H34FN5O3. The van der Waals surface area contributed by atoms with Gasteiger partial charge in [0, 0.05) is 24.1 Å². The van der Waals surface area contributed by atoms with Crippen molar-refractivity contribution in [3.63, 3.8) is 0 Å². The van der Waals surface area contributed by atoms with E-state index in [-0.39, 0.29) is 35.4 Å². The number of unbranched alkanes of at least 4 members (excludes halogenated alkanes) is 2. The van der Waals surface area contributed by atoms with Gasteiger partial charge in [0.2, 0.25) is 11.7 Å². The van der Waals surface area contributed by atoms with Gasteiger partial charge in [0.25, 0.3) is 5.89 Å². The Hall–Kier alpha value is -3.33. The van der Waals surface area contributed by atoms with Crippen molar-refractivity contribution < 1.29 is 18.4 Å². The van der Waals surface area contributed by atoms with Crippen molar-refractivity contribution in [1.29, 1.82) is 0 Å². The Morgan fingerprint density at radius 2 is 1.92 bits per heavy atom.